The molecule has 13 heteroatoms. The first-order valence-electron chi connectivity index (χ1n) is 11.8. The molecule has 4 heterocycles. The van der Waals surface area contributed by atoms with Gasteiger partial charge in [0.15, 0.2) is 0 Å². The van der Waals surface area contributed by atoms with E-state index in [9.17, 15) is 27.6 Å². The number of carbonyl (C=O) groups excluding carboxylic acids is 2. The second kappa shape index (κ2) is 10.1. The molecular weight excluding hydrogens is 483 g/mol. The number of carboxylic acids is 1. The second-order valence-corrected chi connectivity index (χ2v) is 9.36. The Morgan fingerprint density at radius 2 is 1.69 bits per heavy atom. The van der Waals surface area contributed by atoms with Gasteiger partial charge in [-0.25, -0.2) is 9.59 Å². The summed E-state index contributed by atoms with van der Waals surface area (Å²) in [4.78, 5) is 48.1. The van der Waals surface area contributed by atoms with E-state index in [1.165, 1.54) is 18.4 Å². The largest absolute Gasteiger partial charge is 0.490 e. The molecule has 0 saturated carbocycles. The molecule has 196 valence electrons. The number of alkyl halides is 3. The summed E-state index contributed by atoms with van der Waals surface area (Å²) in [6, 6.07) is 6.21. The van der Waals surface area contributed by atoms with Crippen molar-refractivity contribution < 1.29 is 32.7 Å². The number of aliphatic carboxylic acids is 1. The number of aromatic nitrogens is 2. The number of aryl methyl sites for hydroxylation is 1. The number of rotatable bonds is 3. The van der Waals surface area contributed by atoms with E-state index in [0.29, 0.717) is 18.4 Å². The lowest BCUT2D eigenvalue weighted by molar-refractivity contribution is -0.192. The molecule has 3 saturated heterocycles. The number of nitrogens with zero attached hydrogens (tertiary/aromatic N) is 3. The van der Waals surface area contributed by atoms with Gasteiger partial charge in [-0.15, -0.1) is 0 Å². The average Bonchev–Trinajstić information content (AvgIpc) is 3.03. The number of imidazole rings is 1. The van der Waals surface area contributed by atoms with Gasteiger partial charge < -0.3 is 10.4 Å². The number of fused-ring (bicyclic) bond motifs is 1. The number of nitrogens with one attached hydrogen (secondary N) is 2. The van der Waals surface area contributed by atoms with Gasteiger partial charge in [0.05, 0.1) is 11.0 Å². The fourth-order valence-corrected chi connectivity index (χ4v) is 5.06. The molecule has 3 fully saturated rings. The van der Waals surface area contributed by atoms with E-state index in [1.807, 2.05) is 6.07 Å². The summed E-state index contributed by atoms with van der Waals surface area (Å²) in [5.74, 6) is -2.93. The van der Waals surface area contributed by atoms with Crippen molar-refractivity contribution in [3.8, 4) is 0 Å². The van der Waals surface area contributed by atoms with Gasteiger partial charge in [-0.05, 0) is 50.0 Å². The van der Waals surface area contributed by atoms with Gasteiger partial charge in [-0.2, -0.15) is 13.2 Å². The molecule has 3 aliphatic heterocycles. The third-order valence-electron chi connectivity index (χ3n) is 7.08. The van der Waals surface area contributed by atoms with E-state index >= 15 is 0 Å². The second-order valence-electron chi connectivity index (χ2n) is 9.36. The lowest BCUT2D eigenvalue weighted by Crippen LogP contribution is -2.53. The third kappa shape index (κ3) is 5.16. The van der Waals surface area contributed by atoms with Crippen LogP contribution in [-0.2, 0) is 21.4 Å². The summed E-state index contributed by atoms with van der Waals surface area (Å²) < 4.78 is 34.9. The highest BCUT2D eigenvalue weighted by atomic mass is 19.4. The summed E-state index contributed by atoms with van der Waals surface area (Å²) >= 11 is 0. The average molecular weight is 512 g/mol. The standard InChI is InChI=1S/C21H27N5O3.C2HF3O2/c1-24-18-10-13(14-11-25(12-14)15-6-8-22-9-7-15)2-3-16(18)26(21(24)29)17-4-5-19(27)23-20(17)28;3-2(4,5)1(6)7/h2-3,10,14-15,17,22H,4-9,11-12H2,1H3,(H,23,27,28);(H,6,7). The maximum atomic E-state index is 12.9. The number of likely N-dealkylation sites (tertiary alicyclic amines) is 1. The van der Waals surface area contributed by atoms with Crippen LogP contribution >= 0.6 is 0 Å². The molecule has 3 aliphatic rings. The van der Waals surface area contributed by atoms with Crippen molar-refractivity contribution in [2.45, 2.75) is 49.9 Å². The zero-order chi connectivity index (χ0) is 26.2. The van der Waals surface area contributed by atoms with Crippen LogP contribution < -0.4 is 16.3 Å². The summed E-state index contributed by atoms with van der Waals surface area (Å²) in [6.07, 6.45) is -2.03. The number of halogens is 3. The Kier molecular flexibility index (Phi) is 7.23. The van der Waals surface area contributed by atoms with Crippen molar-refractivity contribution in [1.82, 2.24) is 24.7 Å². The minimum Gasteiger partial charge on any atom is -0.475 e. The maximum absolute atomic E-state index is 12.9. The summed E-state index contributed by atoms with van der Waals surface area (Å²) in [6.45, 7) is 4.34. The molecule has 2 amide bonds. The fraction of sp³-hybridized carbons (Fsp3) is 0.565. The van der Waals surface area contributed by atoms with E-state index in [4.69, 9.17) is 9.90 Å². The van der Waals surface area contributed by atoms with Crippen molar-refractivity contribution in [2.75, 3.05) is 26.2 Å². The van der Waals surface area contributed by atoms with Gasteiger partial charge in [-0.1, -0.05) is 6.07 Å². The van der Waals surface area contributed by atoms with Crippen LogP contribution in [-0.4, -0.2) is 75.3 Å². The highest BCUT2D eigenvalue weighted by Gasteiger charge is 2.38. The van der Waals surface area contributed by atoms with Crippen molar-refractivity contribution >= 4 is 28.8 Å². The minimum absolute atomic E-state index is 0.211. The van der Waals surface area contributed by atoms with Crippen LogP contribution in [0.25, 0.3) is 11.0 Å². The van der Waals surface area contributed by atoms with Crippen molar-refractivity contribution in [3.05, 3.63) is 34.2 Å². The normalized spacial score (nSPS) is 22.1. The predicted molar refractivity (Wildman–Crippen MR) is 122 cm³/mol. The first-order valence-corrected chi connectivity index (χ1v) is 11.8. The van der Waals surface area contributed by atoms with Crippen LogP contribution in [0.1, 0.15) is 43.2 Å². The Morgan fingerprint density at radius 3 is 2.28 bits per heavy atom. The molecule has 0 aliphatic carbocycles. The van der Waals surface area contributed by atoms with Crippen molar-refractivity contribution in [2.24, 2.45) is 7.05 Å². The molecule has 0 bridgehead atoms. The Hall–Kier alpha value is -3.19. The number of piperidine rings is 2. The van der Waals surface area contributed by atoms with Crippen molar-refractivity contribution in [3.63, 3.8) is 0 Å². The molecule has 5 rings (SSSR count). The van der Waals surface area contributed by atoms with Crippen LogP contribution in [0, 0.1) is 0 Å². The topological polar surface area (TPSA) is 126 Å². The van der Waals surface area contributed by atoms with Crippen LogP contribution in [0.4, 0.5) is 13.2 Å². The number of carboxylic acid groups (broad SMARTS) is 1. The Bertz CT molecular complexity index is 1230. The van der Waals surface area contributed by atoms with Gasteiger partial charge in [0, 0.05) is 38.5 Å². The van der Waals surface area contributed by atoms with Crippen LogP contribution in [0.2, 0.25) is 0 Å². The summed E-state index contributed by atoms with van der Waals surface area (Å²) in [5.41, 5.74) is 2.64. The number of hydrogen-bond acceptors (Lipinski definition) is 6. The number of imide groups is 1. The van der Waals surface area contributed by atoms with Crippen LogP contribution in [0.3, 0.4) is 0 Å². The molecule has 0 radical (unpaired) electrons. The fourth-order valence-electron chi connectivity index (χ4n) is 5.06. The van der Waals surface area contributed by atoms with Crippen molar-refractivity contribution in [1.29, 1.82) is 0 Å². The third-order valence-corrected chi connectivity index (χ3v) is 7.08. The monoisotopic (exact) mass is 511 g/mol. The van der Waals surface area contributed by atoms with Gasteiger partial charge in [-0.3, -0.25) is 28.9 Å². The van der Waals surface area contributed by atoms with E-state index in [-0.39, 0.29) is 18.0 Å². The minimum atomic E-state index is -5.08. The Labute approximate surface area is 204 Å². The first kappa shape index (κ1) is 25.9. The van der Waals surface area contributed by atoms with Gasteiger partial charge in [0.2, 0.25) is 11.8 Å². The highest BCUT2D eigenvalue weighted by Crippen LogP contribution is 2.33. The van der Waals surface area contributed by atoms with E-state index in [2.05, 4.69) is 27.7 Å². The lowest BCUT2D eigenvalue weighted by Gasteiger charge is -2.46. The number of amides is 2. The van der Waals surface area contributed by atoms with E-state index in [0.717, 1.165) is 37.2 Å². The molecule has 10 nitrogen and oxygen atoms in total. The van der Waals surface area contributed by atoms with Crippen LogP contribution in [0.5, 0.6) is 0 Å². The Balaban J connectivity index is 0.000000384. The van der Waals surface area contributed by atoms with Crippen LogP contribution in [0.15, 0.2) is 23.0 Å². The maximum Gasteiger partial charge on any atom is 0.490 e. The van der Waals surface area contributed by atoms with E-state index in [1.54, 1.807) is 16.2 Å². The van der Waals surface area contributed by atoms with Gasteiger partial charge in [0.1, 0.15) is 6.04 Å². The summed E-state index contributed by atoms with van der Waals surface area (Å²) in [5, 5.41) is 12.9. The molecule has 0 spiro atoms. The Morgan fingerprint density at radius 1 is 1.06 bits per heavy atom. The predicted octanol–water partition coefficient (Wildman–Crippen LogP) is 1.10. The molecule has 2 aromatic rings. The zero-order valence-electron chi connectivity index (χ0n) is 19.7. The first-order chi connectivity index (χ1) is 17.0. The number of carbonyl (C=O) groups is 3. The van der Waals surface area contributed by atoms with Gasteiger partial charge in [0.25, 0.3) is 0 Å². The molecule has 1 unspecified atom stereocenters. The summed E-state index contributed by atoms with van der Waals surface area (Å²) in [7, 11) is 1.75. The zero-order valence-corrected chi connectivity index (χ0v) is 19.7. The lowest BCUT2D eigenvalue weighted by atomic mass is 9.88. The SMILES string of the molecule is Cn1c(=O)n(C2CCC(=O)NC2=O)c2ccc(C3CN(C4CCNCC4)C3)cc21.O=C(O)C(F)(F)F. The highest BCUT2D eigenvalue weighted by molar-refractivity contribution is 6.00. The molecule has 3 N–H and O–H groups in total. The number of hydrogen-bond donors (Lipinski definition) is 3. The van der Waals surface area contributed by atoms with E-state index < -0.39 is 24.1 Å². The quantitative estimate of drug-likeness (QED) is 0.527. The van der Waals surface area contributed by atoms with Gasteiger partial charge >= 0.3 is 17.8 Å². The molecule has 1 aromatic heterocycles. The smallest absolute Gasteiger partial charge is 0.475 e. The molecule has 1 atom stereocenters. The molecule has 1 aromatic carbocycles. The molecule has 36 heavy (non-hydrogen) atoms. The number of benzene rings is 1. The molecular formula is C23H28F3N5O5.